The van der Waals surface area contributed by atoms with Crippen molar-refractivity contribution in [2.45, 2.75) is 0 Å². The van der Waals surface area contributed by atoms with Crippen molar-refractivity contribution >= 4 is 15.9 Å². The molecule has 0 radical (unpaired) electrons. The van der Waals surface area contributed by atoms with E-state index in [4.69, 9.17) is 0 Å². The summed E-state index contributed by atoms with van der Waals surface area (Å²) >= 11 is 3.35. The Balaban J connectivity index is 2.55. The SMILES string of the molecule is Cn1ccn(-c2ccc(Br)cc2)c1=O. The van der Waals surface area contributed by atoms with Gasteiger partial charge >= 0.3 is 5.69 Å². The number of benzene rings is 1. The lowest BCUT2D eigenvalue weighted by molar-refractivity contribution is 0.824. The molecule has 4 heteroatoms. The number of hydrogen-bond donors (Lipinski definition) is 0. The van der Waals surface area contributed by atoms with Crippen LogP contribution in [0, 0.1) is 0 Å². The quantitative estimate of drug-likeness (QED) is 0.762. The van der Waals surface area contributed by atoms with Crippen molar-refractivity contribution in [3.63, 3.8) is 0 Å². The van der Waals surface area contributed by atoms with E-state index in [0.29, 0.717) is 0 Å². The monoisotopic (exact) mass is 252 g/mol. The normalized spacial score (nSPS) is 10.4. The van der Waals surface area contributed by atoms with Crippen LogP contribution in [0.15, 0.2) is 45.9 Å². The highest BCUT2D eigenvalue weighted by molar-refractivity contribution is 9.10. The number of aromatic nitrogens is 2. The highest BCUT2D eigenvalue weighted by Crippen LogP contribution is 2.12. The van der Waals surface area contributed by atoms with Gasteiger partial charge in [0.1, 0.15) is 0 Å². The summed E-state index contributed by atoms with van der Waals surface area (Å²) in [5.74, 6) is 0. The standard InChI is InChI=1S/C10H9BrN2O/c1-12-6-7-13(10(12)14)9-4-2-8(11)3-5-9/h2-7H,1H3. The fraction of sp³-hybridized carbons (Fsp3) is 0.100. The van der Waals surface area contributed by atoms with Crippen LogP contribution in [-0.4, -0.2) is 9.13 Å². The molecule has 0 aliphatic carbocycles. The van der Waals surface area contributed by atoms with Gasteiger partial charge in [0.2, 0.25) is 0 Å². The van der Waals surface area contributed by atoms with Crippen LogP contribution in [0.5, 0.6) is 0 Å². The van der Waals surface area contributed by atoms with Crippen molar-refractivity contribution in [2.75, 3.05) is 0 Å². The van der Waals surface area contributed by atoms with Crippen molar-refractivity contribution in [1.82, 2.24) is 9.13 Å². The molecule has 0 saturated carbocycles. The summed E-state index contributed by atoms with van der Waals surface area (Å²) < 4.78 is 4.15. The summed E-state index contributed by atoms with van der Waals surface area (Å²) in [5, 5.41) is 0. The van der Waals surface area contributed by atoms with Gasteiger partial charge in [0, 0.05) is 23.9 Å². The third kappa shape index (κ3) is 1.53. The van der Waals surface area contributed by atoms with Crippen LogP contribution in [-0.2, 0) is 7.05 Å². The maximum atomic E-state index is 11.6. The molecule has 0 aliphatic rings. The zero-order valence-electron chi connectivity index (χ0n) is 7.64. The molecule has 0 fully saturated rings. The third-order valence-electron chi connectivity index (χ3n) is 2.05. The molecule has 2 aromatic rings. The fourth-order valence-electron chi connectivity index (χ4n) is 1.26. The Labute approximate surface area is 89.7 Å². The second kappa shape index (κ2) is 3.46. The molecule has 0 atom stereocenters. The first-order chi connectivity index (χ1) is 6.68. The lowest BCUT2D eigenvalue weighted by atomic mass is 10.3. The minimum absolute atomic E-state index is 0.0349. The van der Waals surface area contributed by atoms with E-state index in [9.17, 15) is 4.79 Å². The highest BCUT2D eigenvalue weighted by atomic mass is 79.9. The van der Waals surface area contributed by atoms with Crippen LogP contribution >= 0.6 is 15.9 Å². The molecule has 0 amide bonds. The largest absolute Gasteiger partial charge is 0.332 e. The van der Waals surface area contributed by atoms with Gasteiger partial charge in [-0.25, -0.2) is 4.79 Å². The summed E-state index contributed by atoms with van der Waals surface area (Å²) in [7, 11) is 1.73. The van der Waals surface area contributed by atoms with Crippen molar-refractivity contribution < 1.29 is 0 Å². The van der Waals surface area contributed by atoms with Crippen LogP contribution in [0.25, 0.3) is 5.69 Å². The second-order valence-electron chi connectivity index (χ2n) is 3.04. The van der Waals surface area contributed by atoms with E-state index in [1.54, 1.807) is 28.6 Å². The first-order valence-corrected chi connectivity index (χ1v) is 4.98. The minimum atomic E-state index is -0.0349. The van der Waals surface area contributed by atoms with Gasteiger partial charge in [-0.1, -0.05) is 15.9 Å². The number of rotatable bonds is 1. The van der Waals surface area contributed by atoms with Gasteiger partial charge in [-0.15, -0.1) is 0 Å². The Morgan fingerprint density at radius 3 is 2.29 bits per heavy atom. The van der Waals surface area contributed by atoms with Gasteiger partial charge in [-0.2, -0.15) is 0 Å². The van der Waals surface area contributed by atoms with Gasteiger partial charge in [0.05, 0.1) is 5.69 Å². The molecular weight excluding hydrogens is 244 g/mol. The van der Waals surface area contributed by atoms with Crippen molar-refractivity contribution in [2.24, 2.45) is 7.05 Å². The van der Waals surface area contributed by atoms with E-state index < -0.39 is 0 Å². The number of nitrogens with zero attached hydrogens (tertiary/aromatic N) is 2. The maximum absolute atomic E-state index is 11.6. The first kappa shape index (κ1) is 9.27. The zero-order chi connectivity index (χ0) is 10.1. The smallest absolute Gasteiger partial charge is 0.302 e. The van der Waals surface area contributed by atoms with E-state index in [1.807, 2.05) is 24.3 Å². The average Bonchev–Trinajstić information content (AvgIpc) is 2.50. The molecule has 0 aliphatic heterocycles. The minimum Gasteiger partial charge on any atom is -0.302 e. The molecule has 0 spiro atoms. The molecule has 0 saturated heterocycles. The van der Waals surface area contributed by atoms with Crippen LogP contribution in [0.3, 0.4) is 0 Å². The van der Waals surface area contributed by atoms with Gasteiger partial charge in [0.15, 0.2) is 0 Å². The van der Waals surface area contributed by atoms with Crippen LogP contribution in [0.2, 0.25) is 0 Å². The van der Waals surface area contributed by atoms with Crippen molar-refractivity contribution in [3.8, 4) is 5.69 Å². The van der Waals surface area contributed by atoms with Gasteiger partial charge in [-0.3, -0.25) is 4.57 Å². The fourth-order valence-corrected chi connectivity index (χ4v) is 1.53. The van der Waals surface area contributed by atoms with E-state index in [1.165, 1.54) is 0 Å². The molecular formula is C10H9BrN2O. The molecule has 0 N–H and O–H groups in total. The lowest BCUT2D eigenvalue weighted by Gasteiger charge is -2.00. The van der Waals surface area contributed by atoms with Crippen molar-refractivity contribution in [3.05, 3.63) is 51.6 Å². The van der Waals surface area contributed by atoms with Crippen LogP contribution in [0.4, 0.5) is 0 Å². The molecule has 3 nitrogen and oxygen atoms in total. The molecule has 0 unspecified atom stereocenters. The van der Waals surface area contributed by atoms with Crippen LogP contribution < -0.4 is 5.69 Å². The Kier molecular flexibility index (Phi) is 2.29. The second-order valence-corrected chi connectivity index (χ2v) is 3.95. The average molecular weight is 253 g/mol. The number of imidazole rings is 1. The summed E-state index contributed by atoms with van der Waals surface area (Å²) in [6.07, 6.45) is 3.50. The molecule has 72 valence electrons. The highest BCUT2D eigenvalue weighted by Gasteiger charge is 2.01. The van der Waals surface area contributed by atoms with Crippen LogP contribution in [0.1, 0.15) is 0 Å². The maximum Gasteiger partial charge on any atom is 0.332 e. The van der Waals surface area contributed by atoms with Gasteiger partial charge in [-0.05, 0) is 24.3 Å². The van der Waals surface area contributed by atoms with Gasteiger partial charge < -0.3 is 4.57 Å². The lowest BCUT2D eigenvalue weighted by Crippen LogP contribution is -2.20. The number of aryl methyl sites for hydroxylation is 1. The first-order valence-electron chi connectivity index (χ1n) is 4.18. The molecule has 2 rings (SSSR count). The Hall–Kier alpha value is -1.29. The van der Waals surface area contributed by atoms with Crippen molar-refractivity contribution in [1.29, 1.82) is 0 Å². The van der Waals surface area contributed by atoms with E-state index in [0.717, 1.165) is 10.2 Å². The Morgan fingerprint density at radius 2 is 1.79 bits per heavy atom. The summed E-state index contributed by atoms with van der Waals surface area (Å²) in [6.45, 7) is 0. The predicted molar refractivity (Wildman–Crippen MR) is 58.7 cm³/mol. The van der Waals surface area contributed by atoms with E-state index >= 15 is 0 Å². The predicted octanol–water partition coefficient (Wildman–Crippen LogP) is 1.94. The van der Waals surface area contributed by atoms with E-state index in [2.05, 4.69) is 15.9 Å². The Morgan fingerprint density at radius 1 is 1.14 bits per heavy atom. The molecule has 1 aromatic carbocycles. The topological polar surface area (TPSA) is 26.9 Å². The third-order valence-corrected chi connectivity index (χ3v) is 2.58. The van der Waals surface area contributed by atoms with E-state index in [-0.39, 0.29) is 5.69 Å². The summed E-state index contributed by atoms with van der Waals surface area (Å²) in [6, 6.07) is 7.61. The summed E-state index contributed by atoms with van der Waals surface area (Å²) in [5.41, 5.74) is 0.839. The molecule has 0 bridgehead atoms. The summed E-state index contributed by atoms with van der Waals surface area (Å²) in [4.78, 5) is 11.6. The molecule has 14 heavy (non-hydrogen) atoms. The number of hydrogen-bond acceptors (Lipinski definition) is 1. The Bertz CT molecular complexity index is 496. The zero-order valence-corrected chi connectivity index (χ0v) is 9.23. The van der Waals surface area contributed by atoms with Gasteiger partial charge in [0.25, 0.3) is 0 Å². The molecule has 1 aromatic heterocycles. The number of halogens is 1. The molecule has 1 heterocycles.